The summed E-state index contributed by atoms with van der Waals surface area (Å²) in [6.45, 7) is 3.64. The van der Waals surface area contributed by atoms with Crippen molar-refractivity contribution in [3.05, 3.63) is 171 Å². The van der Waals surface area contributed by atoms with Gasteiger partial charge in [-0.1, -0.05) is 127 Å². The van der Waals surface area contributed by atoms with E-state index in [0.29, 0.717) is 41.7 Å². The molecule has 17 heteroatoms. The molecule has 0 unspecified atom stereocenters. The van der Waals surface area contributed by atoms with Crippen LogP contribution in [0.1, 0.15) is 66.0 Å². The van der Waals surface area contributed by atoms with E-state index in [2.05, 4.69) is 50.6 Å². The number of carboxylic acid groups (broad SMARTS) is 3. The maximum atomic E-state index is 12.0. The van der Waals surface area contributed by atoms with E-state index in [1.165, 1.54) is 12.8 Å². The maximum Gasteiger partial charge on any atom is 0.323 e. The Morgan fingerprint density at radius 1 is 0.676 bits per heavy atom. The third kappa shape index (κ3) is 18.4. The number of halogens is 2. The van der Waals surface area contributed by atoms with E-state index in [1.54, 1.807) is 6.07 Å². The summed E-state index contributed by atoms with van der Waals surface area (Å²) in [7, 11) is 0. The third-order valence-electron chi connectivity index (χ3n) is 10.8. The second kappa shape index (κ2) is 28.8. The summed E-state index contributed by atoms with van der Waals surface area (Å²) >= 11 is 12.8. The van der Waals surface area contributed by atoms with E-state index < -0.39 is 42.6 Å². The molecule has 0 saturated carbocycles. The molecule has 2 amide bonds. The molecule has 15 nitrogen and oxygen atoms in total. The van der Waals surface area contributed by atoms with Crippen LogP contribution in [0.4, 0.5) is 10.5 Å². The van der Waals surface area contributed by atoms with Gasteiger partial charge in [0, 0.05) is 44.9 Å². The number of nitrogens with two attached hydrogens (primary N) is 4. The van der Waals surface area contributed by atoms with Crippen molar-refractivity contribution in [3.8, 4) is 0 Å². The van der Waals surface area contributed by atoms with E-state index in [4.69, 9.17) is 61.5 Å². The van der Waals surface area contributed by atoms with Crippen LogP contribution in [0.5, 0.6) is 0 Å². The highest BCUT2D eigenvalue weighted by Gasteiger charge is 2.18. The highest BCUT2D eigenvalue weighted by molar-refractivity contribution is 6.36. The molecule has 68 heavy (non-hydrogen) atoms. The van der Waals surface area contributed by atoms with Gasteiger partial charge in [-0.2, -0.15) is 0 Å². The highest BCUT2D eigenvalue weighted by atomic mass is 35.5. The Morgan fingerprint density at radius 3 is 1.76 bits per heavy atom. The first-order valence-corrected chi connectivity index (χ1v) is 23.0. The number of unbranched alkanes of at least 4 members (excludes halogenated alkanes) is 1. The van der Waals surface area contributed by atoms with Crippen molar-refractivity contribution >= 4 is 63.7 Å². The molecule has 1 aromatic heterocycles. The Kier molecular flexibility index (Phi) is 23.0. The van der Waals surface area contributed by atoms with Gasteiger partial charge in [-0.05, 0) is 104 Å². The van der Waals surface area contributed by atoms with Crippen LogP contribution in [0.3, 0.4) is 0 Å². The van der Waals surface area contributed by atoms with Gasteiger partial charge in [-0.15, -0.1) is 0 Å². The van der Waals surface area contributed by atoms with Gasteiger partial charge in [0.05, 0.1) is 12.6 Å². The Balaban J connectivity index is 0.000000230. The molecule has 1 fully saturated rings. The van der Waals surface area contributed by atoms with Crippen LogP contribution >= 0.6 is 23.2 Å². The molecular formula is C51H62Cl2N8O7. The van der Waals surface area contributed by atoms with Crippen LogP contribution in [-0.4, -0.2) is 87.0 Å². The molecule has 0 bridgehead atoms. The summed E-state index contributed by atoms with van der Waals surface area (Å²) in [5.74, 6) is -2.99. The van der Waals surface area contributed by atoms with Crippen LogP contribution in [0, 0.1) is 0 Å². The number of aromatic nitrogens is 1. The lowest BCUT2D eigenvalue weighted by Gasteiger charge is -2.13. The number of amides is 2. The molecule has 7 rings (SSSR count). The second-order valence-corrected chi connectivity index (χ2v) is 16.9. The standard InChI is InChI=1S/C23H24Cl2N4O3.C13H13N.C9H11NO2.C6H14N2O2/c24-19-4-3-5-20(25)18(19)14-29-13-15(12-28-8-1-2-9-28)17-10-16(6-7-21(17)29)27-23(32)26-11-22(30)31;14-13(11-7-3-1-4-8-11)12-9-5-2-6-10-12;10-8(9(11)12)6-7-4-2-1-3-5-7;7-4-2-1-3-5(8)6(9)10/h3-7,10,13H,1-2,8-9,11-12,14H2,(H,30,31)(H2,26,27,32);1-10,13H,14H2;1-5,8H,6,10H2,(H,11,12);5H,1-4,7-8H2,(H,9,10)/t;;8-;5-/m..00/s1. The Morgan fingerprint density at radius 2 is 1.24 bits per heavy atom. The van der Waals surface area contributed by atoms with Crippen LogP contribution < -0.4 is 33.6 Å². The molecule has 0 spiro atoms. The Labute approximate surface area is 407 Å². The first-order valence-electron chi connectivity index (χ1n) is 22.3. The summed E-state index contributed by atoms with van der Waals surface area (Å²) in [5, 5.41) is 32.9. The number of nitrogens with zero attached hydrogens (tertiary/aromatic N) is 2. The van der Waals surface area contributed by atoms with Gasteiger partial charge in [-0.25, -0.2) is 4.79 Å². The Bertz CT molecular complexity index is 2430. The molecule has 0 aliphatic carbocycles. The first kappa shape index (κ1) is 54.3. The molecule has 5 aromatic carbocycles. The lowest BCUT2D eigenvalue weighted by Crippen LogP contribution is -2.33. The minimum atomic E-state index is -1.10. The number of nitrogens with one attached hydrogen (secondary N) is 2. The number of anilines is 1. The monoisotopic (exact) mass is 968 g/mol. The van der Waals surface area contributed by atoms with Gasteiger partial charge in [0.25, 0.3) is 0 Å². The van der Waals surface area contributed by atoms with Crippen LogP contribution in [0.25, 0.3) is 10.9 Å². The van der Waals surface area contributed by atoms with Gasteiger partial charge >= 0.3 is 23.9 Å². The number of rotatable bonds is 17. The summed E-state index contributed by atoms with van der Waals surface area (Å²) in [5.41, 5.74) is 28.7. The summed E-state index contributed by atoms with van der Waals surface area (Å²) in [6.07, 6.45) is 7.07. The van der Waals surface area contributed by atoms with Gasteiger partial charge < -0.3 is 53.5 Å². The molecule has 2 atom stereocenters. The number of aliphatic carboxylic acids is 3. The fraction of sp³-hybridized carbons (Fsp3) is 0.294. The number of hydrogen-bond donors (Lipinski definition) is 9. The van der Waals surface area contributed by atoms with Crippen molar-refractivity contribution in [1.29, 1.82) is 0 Å². The average Bonchev–Trinajstić information content (AvgIpc) is 3.98. The SMILES string of the molecule is NC(c1ccccc1)c1ccccc1.NCCCC[C@H](N)C(=O)O.N[C@@H](Cc1ccccc1)C(=O)O.O=C(O)CNC(=O)Nc1ccc2c(c1)c(CN1CCCC1)cn2Cc1c(Cl)cccc1Cl. The molecule has 0 radical (unpaired) electrons. The predicted octanol–water partition coefficient (Wildman–Crippen LogP) is 7.70. The molecule has 1 aliphatic rings. The van der Waals surface area contributed by atoms with Crippen molar-refractivity contribution in [2.45, 2.75) is 69.7 Å². The zero-order valence-electron chi connectivity index (χ0n) is 37.9. The van der Waals surface area contributed by atoms with Gasteiger partial charge in [0.1, 0.15) is 18.6 Å². The molecule has 6 aromatic rings. The zero-order chi connectivity index (χ0) is 49.4. The van der Waals surface area contributed by atoms with Crippen LogP contribution in [0.2, 0.25) is 10.0 Å². The second-order valence-electron chi connectivity index (χ2n) is 16.1. The number of likely N-dealkylation sites (tertiary alicyclic amines) is 1. The molecule has 2 heterocycles. The van der Waals surface area contributed by atoms with Crippen molar-refractivity contribution < 1.29 is 34.5 Å². The minimum absolute atomic E-state index is 0.0163. The minimum Gasteiger partial charge on any atom is -0.480 e. The van der Waals surface area contributed by atoms with E-state index >= 15 is 0 Å². The third-order valence-corrected chi connectivity index (χ3v) is 11.5. The fourth-order valence-electron chi connectivity index (χ4n) is 7.17. The average molecular weight is 970 g/mol. The number of carbonyl (C=O) groups excluding carboxylic acids is 1. The number of urea groups is 1. The normalized spacial score (nSPS) is 12.9. The van der Waals surface area contributed by atoms with E-state index in [0.717, 1.165) is 71.2 Å². The summed E-state index contributed by atoms with van der Waals surface area (Å²) in [6, 6.07) is 38.7. The molecular weight excluding hydrogens is 908 g/mol. The largest absolute Gasteiger partial charge is 0.480 e. The number of carboxylic acids is 3. The van der Waals surface area contributed by atoms with E-state index in [9.17, 15) is 19.2 Å². The zero-order valence-corrected chi connectivity index (χ0v) is 39.4. The Hall–Kier alpha value is -6.30. The van der Waals surface area contributed by atoms with Gasteiger partial charge in [0.2, 0.25) is 0 Å². The van der Waals surface area contributed by atoms with Gasteiger partial charge in [-0.3, -0.25) is 19.3 Å². The smallest absolute Gasteiger partial charge is 0.323 e. The molecule has 362 valence electrons. The maximum absolute atomic E-state index is 12.0. The lowest BCUT2D eigenvalue weighted by molar-refractivity contribution is -0.139. The number of benzene rings is 5. The summed E-state index contributed by atoms with van der Waals surface area (Å²) < 4.78 is 2.13. The van der Waals surface area contributed by atoms with Crippen LogP contribution in [0.15, 0.2) is 134 Å². The number of hydrogen-bond acceptors (Lipinski definition) is 9. The predicted molar refractivity (Wildman–Crippen MR) is 270 cm³/mol. The molecule has 1 aliphatic heterocycles. The first-order chi connectivity index (χ1) is 32.7. The highest BCUT2D eigenvalue weighted by Crippen LogP contribution is 2.31. The van der Waals surface area contributed by atoms with E-state index in [1.807, 2.05) is 97.1 Å². The van der Waals surface area contributed by atoms with Crippen molar-refractivity contribution in [2.24, 2.45) is 22.9 Å². The lowest BCUT2D eigenvalue weighted by atomic mass is 10.00. The van der Waals surface area contributed by atoms with Crippen molar-refractivity contribution in [1.82, 2.24) is 14.8 Å². The van der Waals surface area contributed by atoms with Crippen molar-refractivity contribution in [2.75, 3.05) is 31.5 Å². The number of fused-ring (bicyclic) bond motifs is 1. The topological polar surface area (TPSA) is 265 Å². The quantitative estimate of drug-likeness (QED) is 0.0398. The molecule has 1 saturated heterocycles. The fourth-order valence-corrected chi connectivity index (χ4v) is 7.69. The molecule has 13 N–H and O–H groups in total. The van der Waals surface area contributed by atoms with Crippen LogP contribution in [-0.2, 0) is 33.9 Å². The van der Waals surface area contributed by atoms with Crippen molar-refractivity contribution in [3.63, 3.8) is 0 Å². The summed E-state index contributed by atoms with van der Waals surface area (Å²) in [4.78, 5) is 45.6. The van der Waals surface area contributed by atoms with E-state index in [-0.39, 0.29) is 6.04 Å². The van der Waals surface area contributed by atoms with Gasteiger partial charge in [0.15, 0.2) is 0 Å². The number of carbonyl (C=O) groups is 4.